The maximum atomic E-state index is 6.09. The smallest absolute Gasteiger partial charge is 0.0500 e. The highest BCUT2D eigenvalue weighted by Crippen LogP contribution is 2.52. The molecule has 138 valence electrons. The van der Waals surface area contributed by atoms with E-state index < -0.39 is 0 Å². The van der Waals surface area contributed by atoms with Crippen LogP contribution in [0.25, 0.3) is 0 Å². The van der Waals surface area contributed by atoms with Crippen LogP contribution < -0.4 is 0 Å². The molecule has 2 saturated heterocycles. The van der Waals surface area contributed by atoms with Gasteiger partial charge in [0.05, 0.1) is 6.61 Å². The third-order valence-electron chi connectivity index (χ3n) is 6.26. The molecule has 25 heavy (non-hydrogen) atoms. The second-order valence-electron chi connectivity index (χ2n) is 8.15. The first-order valence-corrected chi connectivity index (χ1v) is 10.4. The van der Waals surface area contributed by atoms with Gasteiger partial charge in [-0.15, -0.1) is 0 Å². The van der Waals surface area contributed by atoms with E-state index in [1.165, 1.54) is 64.0 Å². The highest BCUT2D eigenvalue weighted by Gasteiger charge is 2.55. The van der Waals surface area contributed by atoms with Crippen LogP contribution in [-0.2, 0) is 11.3 Å². The van der Waals surface area contributed by atoms with Gasteiger partial charge in [0.2, 0.25) is 0 Å². The van der Waals surface area contributed by atoms with E-state index in [2.05, 4.69) is 28.0 Å². The number of hydrogen-bond acceptors (Lipinski definition) is 3. The quantitative estimate of drug-likeness (QED) is 0.652. The monoisotopic (exact) mass is 362 g/mol. The number of piperidine rings is 2. The molecule has 1 aliphatic carbocycles. The molecule has 0 amide bonds. The third-order valence-corrected chi connectivity index (χ3v) is 6.50. The number of nitrogens with zero attached hydrogens (tertiary/aromatic N) is 2. The maximum Gasteiger partial charge on any atom is 0.0500 e. The van der Waals surface area contributed by atoms with E-state index in [9.17, 15) is 0 Å². The Morgan fingerprint density at radius 2 is 1.84 bits per heavy atom. The second-order valence-corrected chi connectivity index (χ2v) is 8.58. The number of fused-ring (bicyclic) bond motifs is 1. The fraction of sp³-hybridized carbons (Fsp3) is 0.714. The number of rotatable bonds is 8. The van der Waals surface area contributed by atoms with E-state index in [1.54, 1.807) is 0 Å². The van der Waals surface area contributed by atoms with Gasteiger partial charge in [-0.3, -0.25) is 4.90 Å². The molecule has 0 radical (unpaired) electrons. The zero-order chi connectivity index (χ0) is 17.1. The molecule has 0 unspecified atom stereocenters. The van der Waals surface area contributed by atoms with Crippen molar-refractivity contribution in [1.29, 1.82) is 0 Å². The molecule has 3 aliphatic rings. The molecule has 0 aromatic heterocycles. The zero-order valence-electron chi connectivity index (χ0n) is 15.2. The molecule has 0 bridgehead atoms. The zero-order valence-corrected chi connectivity index (χ0v) is 16.0. The van der Waals surface area contributed by atoms with Gasteiger partial charge in [-0.1, -0.05) is 30.2 Å². The summed E-state index contributed by atoms with van der Waals surface area (Å²) in [5, 5.41) is 0.845. The average molecular weight is 363 g/mol. The Morgan fingerprint density at radius 1 is 1.04 bits per heavy atom. The Kier molecular flexibility index (Phi) is 5.97. The van der Waals surface area contributed by atoms with E-state index in [4.69, 9.17) is 16.3 Å². The number of halogens is 1. The minimum absolute atomic E-state index is 0.825. The second kappa shape index (κ2) is 8.39. The van der Waals surface area contributed by atoms with Crippen LogP contribution in [0.5, 0.6) is 0 Å². The molecular weight excluding hydrogens is 332 g/mol. The molecule has 2 aliphatic heterocycles. The van der Waals surface area contributed by atoms with Crippen LogP contribution in [-0.4, -0.2) is 55.7 Å². The SMILES string of the molecule is Clc1cccc(CN2C[C@@H]3[C@@H](COCCCN4CCCCC4)[C@@H]3C2)c1. The normalized spacial score (nSPS) is 29.7. The van der Waals surface area contributed by atoms with E-state index in [0.29, 0.717) is 0 Å². The Balaban J connectivity index is 1.08. The van der Waals surface area contributed by atoms with Crippen molar-refractivity contribution in [3.8, 4) is 0 Å². The average Bonchev–Trinajstić information content (AvgIpc) is 3.07. The lowest BCUT2D eigenvalue weighted by molar-refractivity contribution is 0.0967. The standard InChI is InChI=1S/C21H31ClN2O/c22-18-7-4-6-17(12-18)13-24-14-19-20(15-24)21(19)16-25-11-5-10-23-8-2-1-3-9-23/h4,6-7,12,19-21H,1-3,5,8-11,13-16H2/t19-,20+,21+. The predicted molar refractivity (Wildman–Crippen MR) is 103 cm³/mol. The first-order valence-electron chi connectivity index (χ1n) is 10.1. The first-order chi connectivity index (χ1) is 12.3. The molecular formula is C21H31ClN2O. The molecule has 3 nitrogen and oxygen atoms in total. The largest absolute Gasteiger partial charge is 0.381 e. The fourth-order valence-electron chi connectivity index (χ4n) is 4.80. The van der Waals surface area contributed by atoms with Gasteiger partial charge >= 0.3 is 0 Å². The van der Waals surface area contributed by atoms with Gasteiger partial charge in [-0.2, -0.15) is 0 Å². The van der Waals surface area contributed by atoms with Crippen LogP contribution in [0.4, 0.5) is 0 Å². The number of likely N-dealkylation sites (tertiary alicyclic amines) is 2. The van der Waals surface area contributed by atoms with Crippen LogP contribution >= 0.6 is 11.6 Å². The van der Waals surface area contributed by atoms with Gasteiger partial charge in [0, 0.05) is 37.8 Å². The molecule has 4 heteroatoms. The summed E-state index contributed by atoms with van der Waals surface area (Å²) >= 11 is 6.09. The van der Waals surface area contributed by atoms with E-state index >= 15 is 0 Å². The van der Waals surface area contributed by atoms with Crippen molar-refractivity contribution in [2.75, 3.05) is 45.9 Å². The van der Waals surface area contributed by atoms with Crippen molar-refractivity contribution in [1.82, 2.24) is 9.80 Å². The minimum atomic E-state index is 0.825. The molecule has 3 fully saturated rings. The lowest BCUT2D eigenvalue weighted by atomic mass is 10.1. The highest BCUT2D eigenvalue weighted by atomic mass is 35.5. The van der Waals surface area contributed by atoms with Gasteiger partial charge in [0.25, 0.3) is 0 Å². The van der Waals surface area contributed by atoms with Crippen LogP contribution in [0.1, 0.15) is 31.2 Å². The fourth-order valence-corrected chi connectivity index (χ4v) is 5.01. The number of ether oxygens (including phenoxy) is 1. The van der Waals surface area contributed by atoms with Gasteiger partial charge in [-0.25, -0.2) is 0 Å². The molecule has 1 aromatic rings. The van der Waals surface area contributed by atoms with E-state index in [1.807, 2.05) is 6.07 Å². The molecule has 0 spiro atoms. The predicted octanol–water partition coefficient (Wildman–Crippen LogP) is 3.91. The molecule has 1 aromatic carbocycles. The van der Waals surface area contributed by atoms with Crippen molar-refractivity contribution >= 4 is 11.6 Å². The van der Waals surface area contributed by atoms with Crippen LogP contribution in [0.3, 0.4) is 0 Å². The summed E-state index contributed by atoms with van der Waals surface area (Å²) in [4.78, 5) is 5.18. The first kappa shape index (κ1) is 17.8. The lowest BCUT2D eigenvalue weighted by Crippen LogP contribution is -2.31. The van der Waals surface area contributed by atoms with Crippen molar-refractivity contribution in [3.63, 3.8) is 0 Å². The third kappa shape index (κ3) is 4.77. The van der Waals surface area contributed by atoms with Crippen LogP contribution in [0.15, 0.2) is 24.3 Å². The summed E-state index contributed by atoms with van der Waals surface area (Å²) in [7, 11) is 0. The molecule has 4 rings (SSSR count). The Morgan fingerprint density at radius 3 is 2.60 bits per heavy atom. The number of hydrogen-bond donors (Lipinski definition) is 0. The molecule has 0 N–H and O–H groups in total. The minimum Gasteiger partial charge on any atom is -0.381 e. The molecule has 1 saturated carbocycles. The summed E-state index contributed by atoms with van der Waals surface area (Å²) < 4.78 is 5.99. The van der Waals surface area contributed by atoms with Crippen molar-refractivity contribution < 1.29 is 4.74 Å². The molecule has 3 atom stereocenters. The van der Waals surface area contributed by atoms with E-state index in [0.717, 1.165) is 42.5 Å². The van der Waals surface area contributed by atoms with Crippen LogP contribution in [0.2, 0.25) is 5.02 Å². The van der Waals surface area contributed by atoms with Gasteiger partial charge in [-0.05, 0) is 67.8 Å². The van der Waals surface area contributed by atoms with Gasteiger partial charge in [0.15, 0.2) is 0 Å². The Labute approximate surface area is 157 Å². The highest BCUT2D eigenvalue weighted by molar-refractivity contribution is 6.30. The van der Waals surface area contributed by atoms with Crippen molar-refractivity contribution in [2.45, 2.75) is 32.2 Å². The topological polar surface area (TPSA) is 15.7 Å². The Hall–Kier alpha value is -0.610. The summed E-state index contributed by atoms with van der Waals surface area (Å²) in [5.41, 5.74) is 1.33. The van der Waals surface area contributed by atoms with Crippen LogP contribution in [0, 0.1) is 17.8 Å². The summed E-state index contributed by atoms with van der Waals surface area (Å²) in [5.74, 6) is 2.58. The van der Waals surface area contributed by atoms with Crippen molar-refractivity contribution in [3.05, 3.63) is 34.9 Å². The summed E-state index contributed by atoms with van der Waals surface area (Å²) in [6, 6.07) is 8.27. The van der Waals surface area contributed by atoms with Crippen molar-refractivity contribution in [2.24, 2.45) is 17.8 Å². The van der Waals surface area contributed by atoms with Gasteiger partial charge in [0.1, 0.15) is 0 Å². The molecule has 2 heterocycles. The number of benzene rings is 1. The summed E-state index contributed by atoms with van der Waals surface area (Å²) in [6.45, 7) is 9.27. The van der Waals surface area contributed by atoms with E-state index in [-0.39, 0.29) is 0 Å². The summed E-state index contributed by atoms with van der Waals surface area (Å²) in [6.07, 6.45) is 5.39. The van der Waals surface area contributed by atoms with Gasteiger partial charge < -0.3 is 9.64 Å². The maximum absolute atomic E-state index is 6.09. The lowest BCUT2D eigenvalue weighted by Gasteiger charge is -2.26. The Bertz CT molecular complexity index is 549.